The fraction of sp³-hybridized carbons (Fsp3) is 0.450. The highest BCUT2D eigenvalue weighted by Crippen LogP contribution is 2.31. The summed E-state index contributed by atoms with van der Waals surface area (Å²) in [7, 11) is 0. The van der Waals surface area contributed by atoms with Gasteiger partial charge in [-0.25, -0.2) is 0 Å². The Morgan fingerprint density at radius 2 is 2.15 bits per heavy atom. The van der Waals surface area contributed by atoms with Crippen molar-refractivity contribution in [2.24, 2.45) is 4.99 Å². The molecule has 1 amide bonds. The molecule has 0 radical (unpaired) electrons. The molecule has 144 valence electrons. The number of guanidine groups is 1. The molecule has 1 aliphatic heterocycles. The standard InChI is InChI=1S/C20H27N5O2/c1-4-21-20(22-10-9-16-13(2)25-27-14(16)3)23-12-15-11-19(26)24-18-8-6-5-7-17(15)18/h5-8,15H,4,9-12H2,1-3H3,(H,24,26)(H2,21,22,23). The number of nitrogens with zero attached hydrogens (tertiary/aromatic N) is 2. The molecule has 1 unspecified atom stereocenters. The average molecular weight is 369 g/mol. The Bertz CT molecular complexity index is 808. The molecule has 2 heterocycles. The van der Waals surface area contributed by atoms with E-state index in [0.717, 1.165) is 53.7 Å². The van der Waals surface area contributed by atoms with Gasteiger partial charge >= 0.3 is 0 Å². The summed E-state index contributed by atoms with van der Waals surface area (Å²) in [5.41, 5.74) is 4.11. The van der Waals surface area contributed by atoms with E-state index in [1.807, 2.05) is 39.0 Å². The summed E-state index contributed by atoms with van der Waals surface area (Å²) in [5, 5.41) is 13.5. The maximum Gasteiger partial charge on any atom is 0.225 e. The number of hydrogen-bond donors (Lipinski definition) is 3. The molecule has 27 heavy (non-hydrogen) atoms. The Kier molecular flexibility index (Phi) is 6.11. The lowest BCUT2D eigenvalue weighted by Gasteiger charge is -2.24. The van der Waals surface area contributed by atoms with Crippen LogP contribution in [-0.4, -0.2) is 36.7 Å². The van der Waals surface area contributed by atoms with Gasteiger partial charge < -0.3 is 20.5 Å². The van der Waals surface area contributed by atoms with Gasteiger partial charge in [-0.15, -0.1) is 0 Å². The topological polar surface area (TPSA) is 91.5 Å². The van der Waals surface area contributed by atoms with E-state index in [-0.39, 0.29) is 11.8 Å². The number of hydrogen-bond acceptors (Lipinski definition) is 4. The van der Waals surface area contributed by atoms with Crippen molar-refractivity contribution in [2.75, 3.05) is 25.0 Å². The highest BCUT2D eigenvalue weighted by molar-refractivity contribution is 5.94. The second-order valence-corrected chi connectivity index (χ2v) is 6.74. The van der Waals surface area contributed by atoms with Crippen LogP contribution in [0.15, 0.2) is 33.8 Å². The van der Waals surface area contributed by atoms with E-state index in [1.165, 1.54) is 0 Å². The fourth-order valence-electron chi connectivity index (χ4n) is 3.37. The van der Waals surface area contributed by atoms with Crippen LogP contribution in [0, 0.1) is 13.8 Å². The molecule has 1 atom stereocenters. The van der Waals surface area contributed by atoms with Crippen LogP contribution >= 0.6 is 0 Å². The molecule has 1 aromatic carbocycles. The van der Waals surface area contributed by atoms with Gasteiger partial charge in [0, 0.05) is 36.7 Å². The van der Waals surface area contributed by atoms with E-state index in [2.05, 4.69) is 27.2 Å². The van der Waals surface area contributed by atoms with Crippen LogP contribution in [0.4, 0.5) is 5.69 Å². The molecule has 0 saturated heterocycles. The zero-order chi connectivity index (χ0) is 19.2. The average Bonchev–Trinajstić information content (AvgIpc) is 2.97. The Morgan fingerprint density at radius 1 is 1.33 bits per heavy atom. The van der Waals surface area contributed by atoms with Crippen molar-refractivity contribution in [3.05, 3.63) is 46.8 Å². The summed E-state index contributed by atoms with van der Waals surface area (Å²) in [6.07, 6.45) is 1.28. The molecule has 0 bridgehead atoms. The third-order valence-corrected chi connectivity index (χ3v) is 4.77. The van der Waals surface area contributed by atoms with Crippen molar-refractivity contribution in [3.8, 4) is 0 Å². The molecule has 1 aromatic heterocycles. The number of carbonyl (C=O) groups excluding carboxylic acids is 1. The van der Waals surface area contributed by atoms with Crippen molar-refractivity contribution >= 4 is 17.6 Å². The second kappa shape index (κ2) is 8.70. The predicted octanol–water partition coefficient (Wildman–Crippen LogP) is 2.52. The molecule has 1 aliphatic rings. The van der Waals surface area contributed by atoms with Crippen molar-refractivity contribution in [1.29, 1.82) is 0 Å². The maximum absolute atomic E-state index is 12.0. The lowest BCUT2D eigenvalue weighted by molar-refractivity contribution is -0.116. The largest absolute Gasteiger partial charge is 0.361 e. The highest BCUT2D eigenvalue weighted by Gasteiger charge is 2.24. The molecule has 7 heteroatoms. The summed E-state index contributed by atoms with van der Waals surface area (Å²) >= 11 is 0. The number of para-hydroxylation sites is 1. The molecular weight excluding hydrogens is 342 g/mol. The smallest absolute Gasteiger partial charge is 0.225 e. The number of rotatable bonds is 6. The zero-order valence-electron chi connectivity index (χ0n) is 16.1. The van der Waals surface area contributed by atoms with Crippen LogP contribution in [0.25, 0.3) is 0 Å². The summed E-state index contributed by atoms with van der Waals surface area (Å²) in [6.45, 7) is 7.99. The number of carbonyl (C=O) groups is 1. The summed E-state index contributed by atoms with van der Waals surface area (Å²) in [4.78, 5) is 16.7. The summed E-state index contributed by atoms with van der Waals surface area (Å²) in [5.74, 6) is 1.76. The quantitative estimate of drug-likeness (QED) is 0.538. The second-order valence-electron chi connectivity index (χ2n) is 6.74. The molecule has 0 fully saturated rings. The van der Waals surface area contributed by atoms with E-state index in [4.69, 9.17) is 9.52 Å². The van der Waals surface area contributed by atoms with E-state index < -0.39 is 0 Å². The van der Waals surface area contributed by atoms with Crippen LogP contribution in [0.2, 0.25) is 0 Å². The Hall–Kier alpha value is -2.83. The lowest BCUT2D eigenvalue weighted by Crippen LogP contribution is -2.39. The SMILES string of the molecule is CCNC(=NCC1CC(=O)Nc2ccccc21)NCCc1c(C)noc1C. The van der Waals surface area contributed by atoms with Gasteiger partial charge in [0.05, 0.1) is 12.2 Å². The molecular formula is C20H27N5O2. The number of nitrogens with one attached hydrogen (secondary N) is 3. The van der Waals surface area contributed by atoms with E-state index in [0.29, 0.717) is 13.0 Å². The van der Waals surface area contributed by atoms with Gasteiger partial charge in [-0.1, -0.05) is 23.4 Å². The Labute approximate surface area is 159 Å². The monoisotopic (exact) mass is 369 g/mol. The molecule has 0 saturated carbocycles. The molecule has 2 aromatic rings. The first-order chi connectivity index (χ1) is 13.1. The minimum Gasteiger partial charge on any atom is -0.361 e. The zero-order valence-corrected chi connectivity index (χ0v) is 16.1. The van der Waals surface area contributed by atoms with Crippen molar-refractivity contribution in [1.82, 2.24) is 15.8 Å². The number of aliphatic imine (C=N–C) groups is 1. The third kappa shape index (κ3) is 4.67. The van der Waals surface area contributed by atoms with E-state index in [1.54, 1.807) is 0 Å². The van der Waals surface area contributed by atoms with Gasteiger partial charge in [0.15, 0.2) is 5.96 Å². The van der Waals surface area contributed by atoms with Crippen LogP contribution in [0.5, 0.6) is 0 Å². The van der Waals surface area contributed by atoms with Crippen molar-refractivity contribution in [2.45, 2.75) is 39.5 Å². The number of aromatic nitrogens is 1. The number of aryl methyl sites for hydroxylation is 2. The Balaban J connectivity index is 1.63. The van der Waals surface area contributed by atoms with Crippen LogP contribution in [0.3, 0.4) is 0 Å². The molecule has 0 aliphatic carbocycles. The first-order valence-corrected chi connectivity index (χ1v) is 9.41. The summed E-state index contributed by atoms with van der Waals surface area (Å²) in [6, 6.07) is 7.94. The molecule has 7 nitrogen and oxygen atoms in total. The van der Waals surface area contributed by atoms with Gasteiger partial charge in [0.1, 0.15) is 5.76 Å². The Morgan fingerprint density at radius 3 is 2.89 bits per heavy atom. The summed E-state index contributed by atoms with van der Waals surface area (Å²) < 4.78 is 5.21. The number of benzene rings is 1. The minimum absolute atomic E-state index is 0.0465. The van der Waals surface area contributed by atoms with Crippen LogP contribution < -0.4 is 16.0 Å². The van der Waals surface area contributed by atoms with E-state index >= 15 is 0 Å². The molecule has 3 rings (SSSR count). The van der Waals surface area contributed by atoms with Gasteiger partial charge in [0.2, 0.25) is 5.91 Å². The van der Waals surface area contributed by atoms with Crippen molar-refractivity contribution < 1.29 is 9.32 Å². The first-order valence-electron chi connectivity index (χ1n) is 9.41. The minimum atomic E-state index is 0.0465. The van der Waals surface area contributed by atoms with Gasteiger partial charge in [0.25, 0.3) is 0 Å². The van der Waals surface area contributed by atoms with Gasteiger partial charge in [-0.05, 0) is 38.8 Å². The van der Waals surface area contributed by atoms with Gasteiger partial charge in [-0.3, -0.25) is 9.79 Å². The first kappa shape index (κ1) is 18.9. The van der Waals surface area contributed by atoms with Crippen molar-refractivity contribution in [3.63, 3.8) is 0 Å². The lowest BCUT2D eigenvalue weighted by atomic mass is 9.91. The third-order valence-electron chi connectivity index (χ3n) is 4.77. The van der Waals surface area contributed by atoms with E-state index in [9.17, 15) is 4.79 Å². The molecule has 0 spiro atoms. The molecule has 3 N–H and O–H groups in total. The number of fused-ring (bicyclic) bond motifs is 1. The van der Waals surface area contributed by atoms with Crippen LogP contribution in [-0.2, 0) is 11.2 Å². The number of amides is 1. The van der Waals surface area contributed by atoms with Gasteiger partial charge in [-0.2, -0.15) is 0 Å². The maximum atomic E-state index is 12.0. The predicted molar refractivity (Wildman–Crippen MR) is 106 cm³/mol. The fourth-order valence-corrected chi connectivity index (χ4v) is 3.37. The number of anilines is 1. The highest BCUT2D eigenvalue weighted by atomic mass is 16.5. The van der Waals surface area contributed by atoms with Crippen LogP contribution in [0.1, 0.15) is 41.8 Å². The normalized spacial score (nSPS) is 16.6.